The second kappa shape index (κ2) is 19.1. The first-order valence-corrected chi connectivity index (χ1v) is 21.4. The number of thiazole rings is 3. The molecule has 5 aromatic rings. The standard InChI is InChI=1S/C8H10F3NS.2C8H13NS.2C7H12N2S/c1-7(2,3)5-4-13-6(12-5)8(9,10)11;2*1-6-9-7(5-10-6)8(2,3)4;2*1-5-8-6(10-9-5)7(2,3)4/h4H,1-3H3;2*5H,1-4H3;2*1-4H3. The predicted molar refractivity (Wildman–Crippen MR) is 224 cm³/mol. The highest BCUT2D eigenvalue weighted by molar-refractivity contribution is 7.10. The normalized spacial score (nSPS) is 12.3. The van der Waals surface area contributed by atoms with Gasteiger partial charge in [0.1, 0.15) is 21.7 Å². The third-order valence-electron chi connectivity index (χ3n) is 6.63. The highest BCUT2D eigenvalue weighted by atomic mass is 32.1. The van der Waals surface area contributed by atoms with E-state index in [1.807, 2.05) is 48.5 Å². The number of alkyl halides is 3. The lowest BCUT2D eigenvalue weighted by Crippen LogP contribution is -2.13. The molecule has 0 bridgehead atoms. The zero-order valence-electron chi connectivity index (χ0n) is 35.0. The van der Waals surface area contributed by atoms with E-state index in [4.69, 9.17) is 0 Å². The lowest BCUT2D eigenvalue weighted by atomic mass is 9.93. The minimum absolute atomic E-state index is 0.159. The summed E-state index contributed by atoms with van der Waals surface area (Å²) in [6, 6.07) is 0. The van der Waals surface area contributed by atoms with Crippen molar-refractivity contribution in [3.63, 3.8) is 0 Å². The van der Waals surface area contributed by atoms with Crippen LogP contribution in [0.1, 0.15) is 158 Å². The summed E-state index contributed by atoms with van der Waals surface area (Å²) in [5.41, 5.74) is 3.32. The Bertz CT molecular complexity index is 1560. The van der Waals surface area contributed by atoms with Crippen LogP contribution in [0.3, 0.4) is 0 Å². The molecule has 0 fully saturated rings. The van der Waals surface area contributed by atoms with Gasteiger partial charge in [-0.1, -0.05) is 104 Å². The number of nitrogens with zero attached hydrogens (tertiary/aromatic N) is 7. The maximum Gasteiger partial charge on any atom is 0.443 e. The molecule has 0 radical (unpaired) electrons. The van der Waals surface area contributed by atoms with Crippen molar-refractivity contribution in [2.75, 3.05) is 0 Å². The van der Waals surface area contributed by atoms with E-state index in [2.05, 4.69) is 128 Å². The Morgan fingerprint density at radius 2 is 0.698 bits per heavy atom. The Morgan fingerprint density at radius 1 is 0.396 bits per heavy atom. The van der Waals surface area contributed by atoms with Crippen molar-refractivity contribution in [1.82, 2.24) is 33.7 Å². The second-order valence-electron chi connectivity index (χ2n) is 17.6. The van der Waals surface area contributed by atoms with Crippen molar-refractivity contribution in [3.8, 4) is 0 Å². The van der Waals surface area contributed by atoms with Crippen LogP contribution in [0.5, 0.6) is 0 Å². The van der Waals surface area contributed by atoms with Crippen LogP contribution in [-0.2, 0) is 33.3 Å². The van der Waals surface area contributed by atoms with Crippen molar-refractivity contribution < 1.29 is 13.2 Å². The lowest BCUT2D eigenvalue weighted by molar-refractivity contribution is -0.137. The number of aryl methyl sites for hydroxylation is 4. The first-order valence-electron chi connectivity index (χ1n) is 17.2. The molecular weight excluding hydrogens is 772 g/mol. The van der Waals surface area contributed by atoms with Crippen molar-refractivity contribution in [2.24, 2.45) is 0 Å². The summed E-state index contributed by atoms with van der Waals surface area (Å²) in [5.74, 6) is 1.77. The van der Waals surface area contributed by atoms with Gasteiger partial charge in [0.15, 0.2) is 5.01 Å². The molecule has 0 unspecified atom stereocenters. The van der Waals surface area contributed by atoms with Gasteiger partial charge in [-0.3, -0.25) is 0 Å². The minimum Gasteiger partial charge on any atom is -0.246 e. The Kier molecular flexibility index (Phi) is 17.6. The molecule has 0 saturated heterocycles. The Hall–Kier alpha value is -2.20. The average molecular weight is 832 g/mol. The fourth-order valence-corrected chi connectivity index (χ4v) is 7.37. The van der Waals surface area contributed by atoms with Gasteiger partial charge in [-0.05, 0) is 50.8 Å². The van der Waals surface area contributed by atoms with E-state index in [1.54, 1.807) is 22.7 Å². The summed E-state index contributed by atoms with van der Waals surface area (Å²) in [5, 5.41) is 9.51. The van der Waals surface area contributed by atoms with Gasteiger partial charge in [0.25, 0.3) is 0 Å². The molecule has 298 valence electrons. The Labute approximate surface area is 336 Å². The van der Waals surface area contributed by atoms with Crippen molar-refractivity contribution in [2.45, 2.75) is 165 Å². The van der Waals surface area contributed by atoms with Crippen LogP contribution in [0.15, 0.2) is 16.1 Å². The molecule has 0 aliphatic carbocycles. The summed E-state index contributed by atoms with van der Waals surface area (Å²) >= 11 is 7.08. The van der Waals surface area contributed by atoms with Crippen LogP contribution >= 0.6 is 57.1 Å². The zero-order chi connectivity index (χ0) is 41.4. The maximum absolute atomic E-state index is 12.1. The van der Waals surface area contributed by atoms with Crippen LogP contribution in [-0.4, -0.2) is 33.7 Å². The largest absolute Gasteiger partial charge is 0.443 e. The Morgan fingerprint density at radius 3 is 0.830 bits per heavy atom. The van der Waals surface area contributed by atoms with Gasteiger partial charge >= 0.3 is 6.18 Å². The Balaban J connectivity index is 0.000000333. The smallest absolute Gasteiger partial charge is 0.246 e. The average Bonchev–Trinajstić information content (AvgIpc) is 3.78. The van der Waals surface area contributed by atoms with Gasteiger partial charge in [-0.2, -0.15) is 21.9 Å². The number of hydrogen-bond acceptors (Lipinski definition) is 12. The molecule has 15 heteroatoms. The molecular formula is C38H60F3N7S5. The van der Waals surface area contributed by atoms with E-state index in [9.17, 15) is 13.2 Å². The molecule has 0 saturated carbocycles. The summed E-state index contributed by atoms with van der Waals surface area (Å²) in [6.45, 7) is 39.4. The maximum atomic E-state index is 12.1. The van der Waals surface area contributed by atoms with E-state index >= 15 is 0 Å². The number of hydrogen-bond donors (Lipinski definition) is 0. The van der Waals surface area contributed by atoms with E-state index in [0.717, 1.165) is 31.7 Å². The highest BCUT2D eigenvalue weighted by Crippen LogP contribution is 2.34. The number of rotatable bonds is 0. The third kappa shape index (κ3) is 18.3. The van der Waals surface area contributed by atoms with Gasteiger partial charge in [0, 0.05) is 43.2 Å². The van der Waals surface area contributed by atoms with Crippen molar-refractivity contribution >= 4 is 57.1 Å². The second-order valence-corrected chi connectivity index (χ2v) is 22.1. The fourth-order valence-electron chi connectivity index (χ4n) is 3.37. The van der Waals surface area contributed by atoms with Crippen molar-refractivity contribution in [1.29, 1.82) is 0 Å². The molecule has 0 atom stereocenters. The minimum atomic E-state index is -4.31. The van der Waals surface area contributed by atoms with E-state index in [1.165, 1.54) is 39.8 Å². The first-order chi connectivity index (χ1) is 23.7. The van der Waals surface area contributed by atoms with E-state index in [-0.39, 0.29) is 27.1 Å². The van der Waals surface area contributed by atoms with Gasteiger partial charge < -0.3 is 0 Å². The molecule has 53 heavy (non-hydrogen) atoms. The molecule has 0 amide bonds. The zero-order valence-corrected chi connectivity index (χ0v) is 39.1. The molecule has 5 heterocycles. The van der Waals surface area contributed by atoms with E-state index in [0.29, 0.717) is 17.0 Å². The summed E-state index contributed by atoms with van der Waals surface area (Å²) < 4.78 is 44.6. The summed E-state index contributed by atoms with van der Waals surface area (Å²) in [6.07, 6.45) is -4.31. The number of halogens is 3. The van der Waals surface area contributed by atoms with Crippen LogP contribution in [0.4, 0.5) is 13.2 Å². The fraction of sp³-hybridized carbons (Fsp3) is 0.658. The molecule has 0 aliphatic heterocycles. The first kappa shape index (κ1) is 48.8. The quantitative estimate of drug-likeness (QED) is 0.153. The summed E-state index contributed by atoms with van der Waals surface area (Å²) in [7, 11) is 0. The van der Waals surface area contributed by atoms with Gasteiger partial charge in [-0.15, -0.1) is 34.0 Å². The topological polar surface area (TPSA) is 90.2 Å². The van der Waals surface area contributed by atoms with Gasteiger partial charge in [-0.25, -0.2) is 24.9 Å². The van der Waals surface area contributed by atoms with Crippen LogP contribution in [0, 0.1) is 27.7 Å². The highest BCUT2D eigenvalue weighted by Gasteiger charge is 2.35. The SMILES string of the molecule is CC(C)(C)c1csc(C(F)(F)F)n1.Cc1nc(C(C)(C)C)cs1.Cc1nc(C(C)(C)C)cs1.Cc1nsc(C(C)(C)C)n1.Cc1nsc(C(C)(C)C)n1. The number of aromatic nitrogens is 7. The molecule has 7 nitrogen and oxygen atoms in total. The summed E-state index contributed by atoms with van der Waals surface area (Å²) in [4.78, 5) is 20.9. The molecule has 0 spiro atoms. The van der Waals surface area contributed by atoms with Crippen LogP contribution in [0.2, 0.25) is 0 Å². The molecule has 5 rings (SSSR count). The predicted octanol–water partition coefficient (Wildman–Crippen LogP) is 13.2. The van der Waals surface area contributed by atoms with Crippen LogP contribution in [0.25, 0.3) is 0 Å². The van der Waals surface area contributed by atoms with Gasteiger partial charge in [0.2, 0.25) is 0 Å². The molecule has 0 aliphatic rings. The monoisotopic (exact) mass is 831 g/mol. The molecule has 5 aromatic heterocycles. The molecule has 0 aromatic carbocycles. The lowest BCUT2D eigenvalue weighted by Gasteiger charge is -2.14. The van der Waals surface area contributed by atoms with Crippen LogP contribution < -0.4 is 0 Å². The molecule has 0 N–H and O–H groups in total. The van der Waals surface area contributed by atoms with Gasteiger partial charge in [0.05, 0.1) is 27.1 Å². The third-order valence-corrected chi connectivity index (χ3v) is 11.5. The van der Waals surface area contributed by atoms with Crippen molar-refractivity contribution in [3.05, 3.63) is 69.9 Å². The van der Waals surface area contributed by atoms with E-state index < -0.39 is 11.2 Å².